The van der Waals surface area contributed by atoms with Crippen molar-refractivity contribution in [1.82, 2.24) is 5.43 Å². The van der Waals surface area contributed by atoms with Crippen LogP contribution in [0.3, 0.4) is 0 Å². The molecule has 0 spiro atoms. The first kappa shape index (κ1) is 16.1. The molecule has 4 nitrogen and oxygen atoms in total. The van der Waals surface area contributed by atoms with E-state index >= 15 is 0 Å². The van der Waals surface area contributed by atoms with Gasteiger partial charge < -0.3 is 4.74 Å². The topological polar surface area (TPSA) is 50.7 Å². The van der Waals surface area contributed by atoms with E-state index < -0.39 is 0 Å². The second kappa shape index (κ2) is 8.25. The monoisotopic (exact) mass is 328 g/mol. The zero-order valence-electron chi connectivity index (χ0n) is 11.6. The number of nitrogens with one attached hydrogen (secondary N) is 1. The number of ether oxygens (including phenoxy) is 1. The van der Waals surface area contributed by atoms with E-state index in [1.165, 1.54) is 19.3 Å². The van der Waals surface area contributed by atoms with Gasteiger partial charge in [-0.3, -0.25) is 4.79 Å². The summed E-state index contributed by atoms with van der Waals surface area (Å²) in [6.07, 6.45) is 7.90. The smallest absolute Gasteiger partial charge is 0.277 e. The van der Waals surface area contributed by atoms with Crippen molar-refractivity contribution in [2.45, 2.75) is 32.1 Å². The molecule has 1 amide bonds. The summed E-state index contributed by atoms with van der Waals surface area (Å²) < 4.78 is 5.32. The number of benzene rings is 1. The minimum Gasteiger partial charge on any atom is -0.482 e. The van der Waals surface area contributed by atoms with Gasteiger partial charge in [-0.25, -0.2) is 5.43 Å². The van der Waals surface area contributed by atoms with Crippen LogP contribution in [0.15, 0.2) is 23.3 Å². The molecule has 0 heterocycles. The van der Waals surface area contributed by atoms with E-state index in [1.807, 2.05) is 6.21 Å². The van der Waals surface area contributed by atoms with Crippen LogP contribution in [0.1, 0.15) is 32.1 Å². The number of hydrogen-bond acceptors (Lipinski definition) is 3. The summed E-state index contributed by atoms with van der Waals surface area (Å²) in [5.74, 6) is 0.589. The number of halogens is 2. The van der Waals surface area contributed by atoms with Crippen molar-refractivity contribution in [2.24, 2.45) is 11.0 Å². The maximum atomic E-state index is 11.6. The Balaban J connectivity index is 1.73. The molecule has 1 aromatic rings. The van der Waals surface area contributed by atoms with Crippen molar-refractivity contribution in [3.8, 4) is 5.75 Å². The SMILES string of the molecule is O=C(COc1ccc(Cl)cc1Cl)NN=CC1CCCCC1. The second-order valence-corrected chi connectivity index (χ2v) is 5.92. The van der Waals surface area contributed by atoms with Crippen LogP contribution in [0.5, 0.6) is 5.75 Å². The van der Waals surface area contributed by atoms with Gasteiger partial charge in [0.1, 0.15) is 5.75 Å². The normalized spacial score (nSPS) is 16.1. The number of amides is 1. The molecule has 0 aromatic heterocycles. The predicted molar refractivity (Wildman–Crippen MR) is 85.2 cm³/mol. The van der Waals surface area contributed by atoms with Crippen molar-refractivity contribution < 1.29 is 9.53 Å². The fraction of sp³-hybridized carbons (Fsp3) is 0.467. The highest BCUT2D eigenvalue weighted by molar-refractivity contribution is 6.35. The summed E-state index contributed by atoms with van der Waals surface area (Å²) in [5, 5.41) is 4.88. The fourth-order valence-corrected chi connectivity index (χ4v) is 2.73. The van der Waals surface area contributed by atoms with Crippen molar-refractivity contribution in [2.75, 3.05) is 6.61 Å². The molecular formula is C15H18Cl2N2O2. The molecule has 1 fully saturated rings. The first-order valence-electron chi connectivity index (χ1n) is 7.05. The lowest BCUT2D eigenvalue weighted by Gasteiger charge is -2.16. The van der Waals surface area contributed by atoms with Crippen molar-refractivity contribution in [3.05, 3.63) is 28.2 Å². The van der Waals surface area contributed by atoms with Crippen LogP contribution in [0.25, 0.3) is 0 Å². The molecule has 0 radical (unpaired) electrons. The Labute approximate surface area is 134 Å². The number of carbonyl (C=O) groups is 1. The maximum absolute atomic E-state index is 11.6. The summed E-state index contributed by atoms with van der Waals surface area (Å²) >= 11 is 11.7. The highest BCUT2D eigenvalue weighted by atomic mass is 35.5. The number of hydrazone groups is 1. The first-order chi connectivity index (χ1) is 10.1. The van der Waals surface area contributed by atoms with Gasteiger partial charge in [-0.05, 0) is 37.0 Å². The minimum atomic E-state index is -0.312. The number of hydrogen-bond donors (Lipinski definition) is 1. The van der Waals surface area contributed by atoms with Crippen LogP contribution in [0.4, 0.5) is 0 Å². The Morgan fingerprint density at radius 2 is 2.10 bits per heavy atom. The van der Waals surface area contributed by atoms with Gasteiger partial charge in [0.2, 0.25) is 0 Å². The van der Waals surface area contributed by atoms with Crippen LogP contribution >= 0.6 is 23.2 Å². The van der Waals surface area contributed by atoms with Crippen molar-refractivity contribution >= 4 is 35.3 Å². The van der Waals surface area contributed by atoms with Crippen LogP contribution in [0.2, 0.25) is 10.0 Å². The number of rotatable bonds is 5. The molecule has 0 atom stereocenters. The van der Waals surface area contributed by atoms with Gasteiger partial charge in [0.05, 0.1) is 5.02 Å². The zero-order chi connectivity index (χ0) is 15.1. The Morgan fingerprint density at radius 3 is 2.81 bits per heavy atom. The Hall–Kier alpha value is -1.26. The minimum absolute atomic E-state index is 0.136. The summed E-state index contributed by atoms with van der Waals surface area (Å²) in [6.45, 7) is -0.136. The van der Waals surface area contributed by atoms with E-state index in [4.69, 9.17) is 27.9 Å². The predicted octanol–water partition coefficient (Wildman–Crippen LogP) is 4.05. The Morgan fingerprint density at radius 1 is 1.33 bits per heavy atom. The third-order valence-corrected chi connectivity index (χ3v) is 3.91. The number of nitrogens with zero attached hydrogens (tertiary/aromatic N) is 1. The third kappa shape index (κ3) is 5.56. The molecule has 1 saturated carbocycles. The Bertz CT molecular complexity index is 514. The van der Waals surface area contributed by atoms with E-state index in [1.54, 1.807) is 18.2 Å². The molecular weight excluding hydrogens is 311 g/mol. The molecule has 2 rings (SSSR count). The lowest BCUT2D eigenvalue weighted by atomic mass is 9.90. The van der Waals surface area contributed by atoms with Crippen LogP contribution in [-0.2, 0) is 4.79 Å². The molecule has 1 aliphatic rings. The first-order valence-corrected chi connectivity index (χ1v) is 7.80. The summed E-state index contributed by atoms with van der Waals surface area (Å²) in [5.41, 5.74) is 2.47. The lowest BCUT2D eigenvalue weighted by molar-refractivity contribution is -0.123. The highest BCUT2D eigenvalue weighted by Gasteiger charge is 2.11. The van der Waals surface area contributed by atoms with Crippen LogP contribution in [-0.4, -0.2) is 18.7 Å². The fourth-order valence-electron chi connectivity index (χ4n) is 2.27. The van der Waals surface area contributed by atoms with Gasteiger partial charge in [-0.2, -0.15) is 5.10 Å². The molecule has 0 aliphatic heterocycles. The summed E-state index contributed by atoms with van der Waals surface area (Å²) in [7, 11) is 0. The zero-order valence-corrected chi connectivity index (χ0v) is 13.2. The molecule has 1 aliphatic carbocycles. The highest BCUT2D eigenvalue weighted by Crippen LogP contribution is 2.27. The average Bonchev–Trinajstić information content (AvgIpc) is 2.47. The quantitative estimate of drug-likeness (QED) is 0.654. The molecule has 1 aromatic carbocycles. The standard InChI is InChI=1S/C15H18Cl2N2O2/c16-12-6-7-14(13(17)8-12)21-10-15(20)19-18-9-11-4-2-1-3-5-11/h6-9,11H,1-5,10H2,(H,19,20). The molecule has 114 valence electrons. The van der Waals surface area contributed by atoms with E-state index in [0.29, 0.717) is 21.7 Å². The van der Waals surface area contributed by atoms with Crippen molar-refractivity contribution in [1.29, 1.82) is 0 Å². The molecule has 1 N–H and O–H groups in total. The van der Waals surface area contributed by atoms with Crippen molar-refractivity contribution in [3.63, 3.8) is 0 Å². The van der Waals surface area contributed by atoms with Gasteiger partial charge >= 0.3 is 0 Å². The molecule has 0 unspecified atom stereocenters. The largest absolute Gasteiger partial charge is 0.482 e. The number of carbonyl (C=O) groups excluding carboxylic acids is 1. The average molecular weight is 329 g/mol. The molecule has 6 heteroatoms. The molecule has 0 bridgehead atoms. The summed E-state index contributed by atoms with van der Waals surface area (Å²) in [4.78, 5) is 11.6. The molecule has 21 heavy (non-hydrogen) atoms. The van der Waals surface area contributed by atoms with Gasteiger partial charge in [-0.1, -0.05) is 42.5 Å². The third-order valence-electron chi connectivity index (χ3n) is 3.38. The van der Waals surface area contributed by atoms with Crippen LogP contribution in [0, 0.1) is 5.92 Å². The van der Waals surface area contributed by atoms with Gasteiger partial charge in [0, 0.05) is 11.2 Å². The van der Waals surface area contributed by atoms with E-state index in [2.05, 4.69) is 10.5 Å². The second-order valence-electron chi connectivity index (χ2n) is 5.07. The van der Waals surface area contributed by atoms with E-state index in [0.717, 1.165) is 12.8 Å². The summed E-state index contributed by atoms with van der Waals surface area (Å²) in [6, 6.07) is 4.85. The van der Waals surface area contributed by atoms with E-state index in [9.17, 15) is 4.79 Å². The Kier molecular flexibility index (Phi) is 6.33. The lowest BCUT2D eigenvalue weighted by Crippen LogP contribution is -2.25. The van der Waals surface area contributed by atoms with Gasteiger partial charge in [0.15, 0.2) is 6.61 Å². The van der Waals surface area contributed by atoms with Gasteiger partial charge in [-0.15, -0.1) is 0 Å². The molecule has 0 saturated heterocycles. The van der Waals surface area contributed by atoms with Crippen LogP contribution < -0.4 is 10.2 Å². The van der Waals surface area contributed by atoms with Gasteiger partial charge in [0.25, 0.3) is 5.91 Å². The van der Waals surface area contributed by atoms with E-state index in [-0.39, 0.29) is 12.5 Å². The maximum Gasteiger partial charge on any atom is 0.277 e.